The molecule has 0 atom stereocenters. The molecular weight excluding hydrogens is 172 g/mol. The van der Waals surface area contributed by atoms with Crippen molar-refractivity contribution in [3.05, 3.63) is 35.4 Å². The van der Waals surface area contributed by atoms with E-state index in [0.717, 1.165) is 0 Å². The predicted molar refractivity (Wildman–Crippen MR) is 51.2 cm³/mol. The fraction of sp³-hybridized carbons (Fsp3) is 0.222. The molecule has 0 bridgehead atoms. The van der Waals surface area contributed by atoms with Crippen LogP contribution in [0.5, 0.6) is 0 Å². The highest BCUT2D eigenvalue weighted by Crippen LogP contribution is 2.05. The van der Waals surface area contributed by atoms with E-state index >= 15 is 0 Å². The largest absolute Gasteiger partial charge is 0.316 e. The normalized spacial score (nSPS) is 13.1. The molecule has 0 aliphatic heterocycles. The molecule has 0 saturated heterocycles. The van der Waals surface area contributed by atoms with Crippen LogP contribution in [0.4, 0.5) is 0 Å². The third-order valence-electron chi connectivity index (χ3n) is 1.42. The van der Waals surface area contributed by atoms with Gasteiger partial charge in [0.25, 0.3) is 0 Å². The van der Waals surface area contributed by atoms with Crippen LogP contribution in [-0.4, -0.2) is 6.98 Å². The Kier molecular flexibility index (Phi) is 3.02. The van der Waals surface area contributed by atoms with E-state index in [0.29, 0.717) is 11.1 Å². The summed E-state index contributed by atoms with van der Waals surface area (Å²) < 4.78 is 20.8. The zero-order chi connectivity index (χ0) is 10.6. The molecule has 3 heteroatoms. The van der Waals surface area contributed by atoms with Crippen LogP contribution in [0.15, 0.2) is 24.3 Å². The van der Waals surface area contributed by atoms with Crippen LogP contribution in [0.25, 0.3) is 0 Å². The van der Waals surface area contributed by atoms with Gasteiger partial charge < -0.3 is 5.32 Å². The molecule has 0 aliphatic rings. The average Bonchev–Trinajstić information content (AvgIpc) is 2.14. The minimum atomic E-state index is -2.16. The Morgan fingerprint density at radius 2 is 2.33 bits per heavy atom. The van der Waals surface area contributed by atoms with Crippen LogP contribution in [0.3, 0.4) is 0 Å². The van der Waals surface area contributed by atoms with Crippen LogP contribution in [0.1, 0.15) is 15.2 Å². The lowest BCUT2D eigenvalue weighted by Crippen LogP contribution is -2.06. The van der Waals surface area contributed by atoms with E-state index < -0.39 is 6.98 Å². The molecule has 0 amide bonds. The van der Waals surface area contributed by atoms with Crippen molar-refractivity contribution in [2.24, 2.45) is 0 Å². The summed E-state index contributed by atoms with van der Waals surface area (Å²) in [6.07, 6.45) is 0. The van der Waals surface area contributed by atoms with Crippen molar-refractivity contribution in [3.63, 3.8) is 0 Å². The number of hydrogen-bond acceptors (Lipinski definition) is 2. The van der Waals surface area contributed by atoms with Crippen molar-refractivity contribution in [1.82, 2.24) is 5.32 Å². The Bertz CT molecular complexity index is 357. The Morgan fingerprint density at radius 3 is 3.00 bits per heavy atom. The first-order valence-electron chi connectivity index (χ1n) is 4.76. The van der Waals surface area contributed by atoms with Gasteiger partial charge in [0.1, 0.15) is 0 Å². The van der Waals surface area contributed by atoms with Crippen molar-refractivity contribution in [2.45, 2.75) is 6.54 Å². The smallest absolute Gasteiger partial charge is 0.0995 e. The van der Waals surface area contributed by atoms with Gasteiger partial charge in [0.15, 0.2) is 0 Å². The van der Waals surface area contributed by atoms with Gasteiger partial charge in [0, 0.05) is 10.7 Å². The molecule has 0 aromatic heterocycles. The Morgan fingerprint density at radius 1 is 1.58 bits per heavy atom. The van der Waals surface area contributed by atoms with E-state index in [2.05, 4.69) is 5.32 Å². The fourth-order valence-electron chi connectivity index (χ4n) is 0.879. The van der Waals surface area contributed by atoms with Crippen LogP contribution < -0.4 is 5.32 Å². The maximum absolute atomic E-state index is 8.73. The van der Waals surface area contributed by atoms with Crippen LogP contribution in [0.2, 0.25) is 0 Å². The van der Waals surface area contributed by atoms with Crippen LogP contribution in [-0.2, 0) is 6.54 Å². The summed E-state index contributed by atoms with van der Waals surface area (Å²) in [5.74, 6) is 0. The summed E-state index contributed by atoms with van der Waals surface area (Å²) in [6, 6.07) is 8.93. The van der Waals surface area contributed by atoms with Gasteiger partial charge in [0.2, 0.25) is 0 Å². The van der Waals surface area contributed by atoms with E-state index in [4.69, 9.17) is 9.37 Å². The SMILES string of the molecule is Cl.[2H]C([2H])([2H])NCc1ccccc1C#N. The molecule has 2 nitrogen and oxygen atoms in total. The van der Waals surface area contributed by atoms with Crippen molar-refractivity contribution in [2.75, 3.05) is 6.98 Å². The summed E-state index contributed by atoms with van der Waals surface area (Å²) in [7, 11) is 0. The molecular formula is C9H11ClN2. The van der Waals surface area contributed by atoms with Gasteiger partial charge in [-0.15, -0.1) is 12.4 Å². The molecule has 1 aromatic carbocycles. The maximum atomic E-state index is 8.73. The van der Waals surface area contributed by atoms with Crippen molar-refractivity contribution in [1.29, 1.82) is 5.26 Å². The minimum absolute atomic E-state index is 0. The molecule has 1 N–H and O–H groups in total. The predicted octanol–water partition coefficient (Wildman–Crippen LogP) is 1.70. The van der Waals surface area contributed by atoms with Gasteiger partial charge in [-0.2, -0.15) is 5.26 Å². The van der Waals surface area contributed by atoms with Crippen molar-refractivity contribution < 1.29 is 4.11 Å². The zero-order valence-corrected chi connectivity index (χ0v) is 7.19. The monoisotopic (exact) mass is 185 g/mol. The Hall–Kier alpha value is -1.04. The standard InChI is InChI=1S/C9H10N2.ClH/c1-11-7-9-5-3-2-4-8(9)6-10;/h2-5,11H,7H2,1H3;1H/i1D3;. The number of hydrogen-bond donors (Lipinski definition) is 1. The molecule has 0 aliphatic carbocycles. The molecule has 0 radical (unpaired) electrons. The first-order valence-corrected chi connectivity index (χ1v) is 3.26. The highest BCUT2D eigenvalue weighted by Gasteiger charge is 1.96. The highest BCUT2D eigenvalue weighted by atomic mass is 35.5. The molecule has 1 aromatic rings. The van der Waals surface area contributed by atoms with Crippen LogP contribution >= 0.6 is 12.4 Å². The molecule has 0 unspecified atom stereocenters. The summed E-state index contributed by atoms with van der Waals surface area (Å²) >= 11 is 0. The number of rotatable bonds is 2. The Labute approximate surface area is 82.8 Å². The van der Waals surface area contributed by atoms with Crippen molar-refractivity contribution >= 4 is 12.4 Å². The molecule has 1 rings (SSSR count). The number of nitriles is 1. The Balaban J connectivity index is 0.00000196. The van der Waals surface area contributed by atoms with E-state index in [1.54, 1.807) is 24.3 Å². The lowest BCUT2D eigenvalue weighted by molar-refractivity contribution is 0.815. The third kappa shape index (κ3) is 2.54. The second-order valence-electron chi connectivity index (χ2n) is 2.12. The average molecular weight is 186 g/mol. The van der Waals surface area contributed by atoms with E-state index in [1.165, 1.54) is 0 Å². The van der Waals surface area contributed by atoms with Gasteiger partial charge in [-0.1, -0.05) is 18.2 Å². The quantitative estimate of drug-likeness (QED) is 0.762. The van der Waals surface area contributed by atoms with Crippen LogP contribution in [0, 0.1) is 11.3 Å². The van der Waals surface area contributed by atoms with Crippen molar-refractivity contribution in [3.8, 4) is 6.07 Å². The third-order valence-corrected chi connectivity index (χ3v) is 1.42. The topological polar surface area (TPSA) is 35.8 Å². The zero-order valence-electron chi connectivity index (χ0n) is 9.37. The van der Waals surface area contributed by atoms with Gasteiger partial charge in [0.05, 0.1) is 11.6 Å². The highest BCUT2D eigenvalue weighted by molar-refractivity contribution is 5.85. The maximum Gasteiger partial charge on any atom is 0.0995 e. The summed E-state index contributed by atoms with van der Waals surface area (Å²) in [5.41, 5.74) is 1.20. The number of nitrogens with zero attached hydrogens (tertiary/aromatic N) is 1. The van der Waals surface area contributed by atoms with E-state index in [-0.39, 0.29) is 19.0 Å². The lowest BCUT2D eigenvalue weighted by Gasteiger charge is -2.00. The first-order chi connectivity index (χ1) is 6.53. The lowest BCUT2D eigenvalue weighted by atomic mass is 10.1. The van der Waals surface area contributed by atoms with Gasteiger partial charge in [-0.05, 0) is 18.6 Å². The van der Waals surface area contributed by atoms with Gasteiger partial charge in [-0.3, -0.25) is 0 Å². The molecule has 0 saturated carbocycles. The summed E-state index contributed by atoms with van der Waals surface area (Å²) in [4.78, 5) is 0. The second kappa shape index (κ2) is 5.59. The van der Waals surface area contributed by atoms with E-state index in [1.807, 2.05) is 6.07 Å². The minimum Gasteiger partial charge on any atom is -0.316 e. The number of nitrogens with one attached hydrogen (secondary N) is 1. The first kappa shape index (κ1) is 6.47. The second-order valence-corrected chi connectivity index (χ2v) is 2.12. The summed E-state index contributed by atoms with van der Waals surface area (Å²) in [6.45, 7) is -1.98. The molecule has 0 heterocycles. The molecule has 64 valence electrons. The number of benzene rings is 1. The number of halogens is 1. The van der Waals surface area contributed by atoms with E-state index in [9.17, 15) is 0 Å². The summed E-state index contributed by atoms with van der Waals surface area (Å²) in [5, 5.41) is 11.1. The molecule has 0 fully saturated rings. The van der Waals surface area contributed by atoms with Gasteiger partial charge in [-0.25, -0.2) is 0 Å². The fourth-order valence-corrected chi connectivity index (χ4v) is 0.879. The molecule has 0 spiro atoms. The molecule has 12 heavy (non-hydrogen) atoms. The van der Waals surface area contributed by atoms with Gasteiger partial charge >= 0.3 is 0 Å².